The molecule has 0 atom stereocenters. The Labute approximate surface area is 134 Å². The average molecular weight is 323 g/mol. The summed E-state index contributed by atoms with van der Waals surface area (Å²) in [4.78, 5) is 13.4. The lowest BCUT2D eigenvalue weighted by Gasteiger charge is -2.33. The van der Waals surface area contributed by atoms with E-state index in [0.29, 0.717) is 11.3 Å². The quantitative estimate of drug-likeness (QED) is 0.473. The summed E-state index contributed by atoms with van der Waals surface area (Å²) < 4.78 is 24.9. The highest BCUT2D eigenvalue weighted by atomic mass is 19.1. The second kappa shape index (κ2) is 7.92. The van der Waals surface area contributed by atoms with Crippen LogP contribution in [0.3, 0.4) is 0 Å². The number of ether oxygens (including phenoxy) is 2. The number of hydrogen-bond acceptors (Lipinski definition) is 5. The van der Waals surface area contributed by atoms with E-state index in [-0.39, 0.29) is 30.8 Å². The van der Waals surface area contributed by atoms with Gasteiger partial charge in [-0.25, -0.2) is 4.39 Å². The van der Waals surface area contributed by atoms with E-state index in [2.05, 4.69) is 0 Å². The summed E-state index contributed by atoms with van der Waals surface area (Å²) in [6.45, 7) is 1.28. The molecule has 0 radical (unpaired) electrons. The number of anilines is 1. The van der Waals surface area contributed by atoms with Gasteiger partial charge in [0, 0.05) is 25.8 Å². The maximum Gasteiger partial charge on any atom is 0.313 e. The van der Waals surface area contributed by atoms with E-state index >= 15 is 0 Å². The lowest BCUT2D eigenvalue weighted by Crippen LogP contribution is -2.37. The minimum absolute atomic E-state index is 0.166. The van der Waals surface area contributed by atoms with E-state index in [1.807, 2.05) is 4.90 Å². The number of carbonyl (C=O) groups excluding carboxylic acids is 1. The number of nitrogens with two attached hydrogens (primary N) is 1. The molecule has 2 rings (SSSR count). The molecule has 0 saturated carbocycles. The van der Waals surface area contributed by atoms with Crippen LogP contribution in [0.1, 0.15) is 24.8 Å². The summed E-state index contributed by atoms with van der Waals surface area (Å²) in [5, 5.41) is 7.04. The van der Waals surface area contributed by atoms with Gasteiger partial charge < -0.3 is 20.1 Å². The van der Waals surface area contributed by atoms with Crippen molar-refractivity contribution in [3.05, 3.63) is 29.6 Å². The maximum absolute atomic E-state index is 14.6. The zero-order valence-corrected chi connectivity index (χ0v) is 13.2. The van der Waals surface area contributed by atoms with Gasteiger partial charge in [-0.15, -0.1) is 0 Å². The minimum atomic E-state index is -0.636. The molecule has 0 unspecified atom stereocenters. The number of esters is 1. The van der Waals surface area contributed by atoms with E-state index < -0.39 is 5.97 Å². The molecule has 23 heavy (non-hydrogen) atoms. The molecular weight excluding hydrogens is 301 g/mol. The Hall–Kier alpha value is -2.15. The predicted octanol–water partition coefficient (Wildman–Crippen LogP) is 1.81. The first-order valence-electron chi connectivity index (χ1n) is 7.55. The van der Waals surface area contributed by atoms with Gasteiger partial charge in [-0.1, -0.05) is 12.1 Å². The highest BCUT2D eigenvalue weighted by Crippen LogP contribution is 2.26. The fraction of sp³-hybridized carbons (Fsp3) is 0.500. The molecule has 0 amide bonds. The largest absolute Gasteiger partial charge is 0.460 e. The van der Waals surface area contributed by atoms with Crippen LogP contribution in [0.25, 0.3) is 0 Å². The van der Waals surface area contributed by atoms with Gasteiger partial charge in [0.15, 0.2) is 5.82 Å². The van der Waals surface area contributed by atoms with E-state index in [0.717, 1.165) is 25.9 Å². The molecule has 126 valence electrons. The van der Waals surface area contributed by atoms with Crippen molar-refractivity contribution < 1.29 is 18.7 Å². The van der Waals surface area contributed by atoms with Crippen LogP contribution in [0.15, 0.2) is 18.2 Å². The van der Waals surface area contributed by atoms with Crippen LogP contribution in [-0.4, -0.2) is 38.1 Å². The molecule has 1 aromatic rings. The normalized spacial score (nSPS) is 15.5. The zero-order valence-electron chi connectivity index (χ0n) is 13.2. The van der Waals surface area contributed by atoms with Crippen LogP contribution < -0.4 is 10.6 Å². The van der Waals surface area contributed by atoms with Crippen molar-refractivity contribution in [2.75, 3.05) is 25.1 Å². The smallest absolute Gasteiger partial charge is 0.313 e. The van der Waals surface area contributed by atoms with Gasteiger partial charge in [-0.05, 0) is 18.9 Å². The number of rotatable bonds is 6. The van der Waals surface area contributed by atoms with Gasteiger partial charge in [0.2, 0.25) is 0 Å². The Morgan fingerprint density at radius 3 is 2.74 bits per heavy atom. The second-order valence-corrected chi connectivity index (χ2v) is 5.54. The summed E-state index contributed by atoms with van der Waals surface area (Å²) in [5.41, 5.74) is 5.95. The van der Waals surface area contributed by atoms with Gasteiger partial charge in [-0.3, -0.25) is 10.2 Å². The molecule has 1 aliphatic heterocycles. The first-order chi connectivity index (χ1) is 11.0. The molecule has 1 aromatic carbocycles. The SMILES string of the molecule is COC1CCN(c2cccc(COC(=O)CC(=N)N)c2F)CC1. The third-order valence-corrected chi connectivity index (χ3v) is 3.90. The summed E-state index contributed by atoms with van der Waals surface area (Å²) >= 11 is 0. The lowest BCUT2D eigenvalue weighted by atomic mass is 10.1. The monoisotopic (exact) mass is 323 g/mol. The molecule has 1 aliphatic rings. The van der Waals surface area contributed by atoms with Gasteiger partial charge >= 0.3 is 5.97 Å². The summed E-state index contributed by atoms with van der Waals surface area (Å²) in [7, 11) is 1.69. The fourth-order valence-corrected chi connectivity index (χ4v) is 2.62. The highest BCUT2D eigenvalue weighted by molar-refractivity contribution is 5.94. The maximum atomic E-state index is 14.6. The van der Waals surface area contributed by atoms with Crippen LogP contribution in [-0.2, 0) is 20.9 Å². The molecule has 0 aliphatic carbocycles. The Bertz CT molecular complexity index is 572. The molecule has 0 spiro atoms. The molecular formula is C16H22FN3O3. The third kappa shape index (κ3) is 4.66. The van der Waals surface area contributed by atoms with Crippen molar-refractivity contribution in [3.63, 3.8) is 0 Å². The van der Waals surface area contributed by atoms with E-state index in [9.17, 15) is 9.18 Å². The fourth-order valence-electron chi connectivity index (χ4n) is 2.62. The number of halogens is 1. The molecule has 7 heteroatoms. The molecule has 3 N–H and O–H groups in total. The van der Waals surface area contributed by atoms with Crippen LogP contribution in [0.2, 0.25) is 0 Å². The number of carbonyl (C=O) groups is 1. The Kier molecular flexibility index (Phi) is 5.92. The highest BCUT2D eigenvalue weighted by Gasteiger charge is 2.22. The first-order valence-corrected chi connectivity index (χ1v) is 7.55. The molecule has 1 heterocycles. The van der Waals surface area contributed by atoms with Crippen molar-refractivity contribution in [1.82, 2.24) is 0 Å². The zero-order chi connectivity index (χ0) is 16.8. The molecule has 6 nitrogen and oxygen atoms in total. The van der Waals surface area contributed by atoms with E-state index in [4.69, 9.17) is 20.6 Å². The molecule has 1 saturated heterocycles. The Morgan fingerprint density at radius 1 is 1.43 bits per heavy atom. The van der Waals surface area contributed by atoms with Crippen LogP contribution in [0, 0.1) is 11.2 Å². The molecule has 0 bridgehead atoms. The third-order valence-electron chi connectivity index (χ3n) is 3.90. The number of nitrogens with zero attached hydrogens (tertiary/aromatic N) is 1. The van der Waals surface area contributed by atoms with Crippen molar-refractivity contribution in [1.29, 1.82) is 5.41 Å². The van der Waals surface area contributed by atoms with Gasteiger partial charge in [0.25, 0.3) is 0 Å². The summed E-state index contributed by atoms with van der Waals surface area (Å²) in [5.74, 6) is -1.28. The number of amidine groups is 1. The van der Waals surface area contributed by atoms with Crippen LogP contribution in [0.4, 0.5) is 10.1 Å². The van der Waals surface area contributed by atoms with Gasteiger partial charge in [-0.2, -0.15) is 0 Å². The van der Waals surface area contributed by atoms with Crippen molar-refractivity contribution >= 4 is 17.5 Å². The minimum Gasteiger partial charge on any atom is -0.460 e. The average Bonchev–Trinajstić information content (AvgIpc) is 2.53. The summed E-state index contributed by atoms with van der Waals surface area (Å²) in [6, 6.07) is 5.06. The molecule has 0 aromatic heterocycles. The number of piperidine rings is 1. The number of hydrogen-bond donors (Lipinski definition) is 2. The van der Waals surface area contributed by atoms with Crippen molar-refractivity contribution in [2.24, 2.45) is 5.73 Å². The first kappa shape index (κ1) is 17.2. The second-order valence-electron chi connectivity index (χ2n) is 5.54. The van der Waals surface area contributed by atoms with Crippen LogP contribution >= 0.6 is 0 Å². The number of methoxy groups -OCH3 is 1. The standard InChI is InChI=1S/C16H22FN3O3/c1-22-12-5-7-20(8-6-12)13-4-2-3-11(16(13)17)10-23-15(21)9-14(18)19/h2-4,12H,5-10H2,1H3,(H3,18,19). The molecule has 1 fully saturated rings. The Balaban J connectivity index is 2.01. The van der Waals surface area contributed by atoms with Crippen LogP contribution in [0.5, 0.6) is 0 Å². The van der Waals surface area contributed by atoms with E-state index in [1.54, 1.807) is 25.3 Å². The predicted molar refractivity (Wildman–Crippen MR) is 85.0 cm³/mol. The van der Waals surface area contributed by atoms with Crippen molar-refractivity contribution in [2.45, 2.75) is 32.0 Å². The Morgan fingerprint density at radius 2 is 2.13 bits per heavy atom. The lowest BCUT2D eigenvalue weighted by molar-refractivity contribution is -0.143. The number of nitrogens with one attached hydrogen (secondary N) is 1. The summed E-state index contributed by atoms with van der Waals surface area (Å²) in [6.07, 6.45) is 1.65. The van der Waals surface area contributed by atoms with Crippen molar-refractivity contribution in [3.8, 4) is 0 Å². The topological polar surface area (TPSA) is 88.6 Å². The van der Waals surface area contributed by atoms with E-state index in [1.165, 1.54) is 0 Å². The number of benzene rings is 1. The van der Waals surface area contributed by atoms with Gasteiger partial charge in [0.05, 0.1) is 11.8 Å². The van der Waals surface area contributed by atoms with Gasteiger partial charge in [0.1, 0.15) is 18.9 Å².